The number of aryl methyl sites for hydroxylation is 1. The van der Waals surface area contributed by atoms with Crippen molar-refractivity contribution in [2.75, 3.05) is 6.54 Å². The normalized spacial score (nSPS) is 22.3. The first-order valence-electron chi connectivity index (χ1n) is 7.74. The van der Waals surface area contributed by atoms with Gasteiger partial charge in [0.05, 0.1) is 15.6 Å². The molecule has 1 aliphatic rings. The number of nitrogens with one attached hydrogen (secondary N) is 1. The van der Waals surface area contributed by atoms with Crippen LogP contribution >= 0.6 is 22.7 Å². The summed E-state index contributed by atoms with van der Waals surface area (Å²) in [6, 6.07) is 3.44. The van der Waals surface area contributed by atoms with Gasteiger partial charge in [-0.1, -0.05) is 12.8 Å². The van der Waals surface area contributed by atoms with Crippen LogP contribution < -0.4 is 10.5 Å². The van der Waals surface area contributed by atoms with E-state index >= 15 is 0 Å². The number of rotatable bonds is 5. The van der Waals surface area contributed by atoms with Gasteiger partial charge in [-0.15, -0.1) is 22.7 Å². The molecule has 2 atom stereocenters. The van der Waals surface area contributed by atoms with Gasteiger partial charge in [0.25, 0.3) is 0 Å². The quantitative estimate of drug-likeness (QED) is 0.846. The Morgan fingerprint density at radius 1 is 1.35 bits per heavy atom. The van der Waals surface area contributed by atoms with Crippen molar-refractivity contribution in [1.82, 2.24) is 9.71 Å². The Balaban J connectivity index is 1.78. The Labute approximate surface area is 145 Å². The molecule has 0 saturated heterocycles. The maximum Gasteiger partial charge on any atom is 0.250 e. The van der Waals surface area contributed by atoms with Gasteiger partial charge in [-0.05, 0) is 44.4 Å². The average molecular weight is 372 g/mol. The first kappa shape index (κ1) is 17.0. The van der Waals surface area contributed by atoms with Gasteiger partial charge in [0.15, 0.2) is 0 Å². The maximum atomic E-state index is 12.7. The van der Waals surface area contributed by atoms with Gasteiger partial charge in [-0.2, -0.15) is 0 Å². The van der Waals surface area contributed by atoms with Crippen molar-refractivity contribution in [2.24, 2.45) is 11.7 Å². The van der Waals surface area contributed by atoms with Crippen LogP contribution in [0.2, 0.25) is 0 Å². The summed E-state index contributed by atoms with van der Waals surface area (Å²) in [5, 5.41) is 2.93. The van der Waals surface area contributed by atoms with E-state index in [1.807, 2.05) is 18.4 Å². The summed E-state index contributed by atoms with van der Waals surface area (Å²) in [6.07, 6.45) is 4.05. The molecule has 3 rings (SSSR count). The number of aromatic nitrogens is 1. The highest BCUT2D eigenvalue weighted by Crippen LogP contribution is 2.32. The van der Waals surface area contributed by atoms with Crippen LogP contribution in [-0.4, -0.2) is 26.0 Å². The molecule has 5 nitrogen and oxygen atoms in total. The van der Waals surface area contributed by atoms with E-state index in [0.29, 0.717) is 10.8 Å². The molecule has 0 radical (unpaired) electrons. The summed E-state index contributed by atoms with van der Waals surface area (Å²) in [4.78, 5) is 5.30. The van der Waals surface area contributed by atoms with Crippen LogP contribution in [0, 0.1) is 12.8 Å². The van der Waals surface area contributed by atoms with Crippen molar-refractivity contribution < 1.29 is 8.42 Å². The molecule has 0 spiro atoms. The summed E-state index contributed by atoms with van der Waals surface area (Å²) in [5.41, 5.74) is 6.64. The van der Waals surface area contributed by atoms with E-state index in [9.17, 15) is 8.42 Å². The van der Waals surface area contributed by atoms with Gasteiger partial charge in [0, 0.05) is 11.4 Å². The van der Waals surface area contributed by atoms with Crippen LogP contribution in [-0.2, 0) is 10.0 Å². The lowest BCUT2D eigenvalue weighted by Crippen LogP contribution is -2.44. The molecular weight excluding hydrogens is 350 g/mol. The van der Waals surface area contributed by atoms with Crippen molar-refractivity contribution in [3.8, 4) is 10.6 Å². The molecule has 1 saturated carbocycles. The van der Waals surface area contributed by atoms with Crippen molar-refractivity contribution in [1.29, 1.82) is 0 Å². The summed E-state index contributed by atoms with van der Waals surface area (Å²) < 4.78 is 28.5. The van der Waals surface area contributed by atoms with Crippen LogP contribution in [0.25, 0.3) is 10.6 Å². The second kappa shape index (κ2) is 6.98. The van der Waals surface area contributed by atoms with Crippen molar-refractivity contribution in [2.45, 2.75) is 42.9 Å². The third-order valence-corrected chi connectivity index (χ3v) is 8.10. The van der Waals surface area contributed by atoms with Crippen molar-refractivity contribution >= 4 is 32.7 Å². The Morgan fingerprint density at radius 2 is 2.13 bits per heavy atom. The highest BCUT2D eigenvalue weighted by Gasteiger charge is 2.29. The topological polar surface area (TPSA) is 85.1 Å². The molecule has 3 N–H and O–H groups in total. The third-order valence-electron chi connectivity index (χ3n) is 4.24. The second-order valence-electron chi connectivity index (χ2n) is 5.88. The zero-order chi connectivity index (χ0) is 16.4. The molecule has 2 aromatic heterocycles. The number of sulfonamides is 1. The van der Waals surface area contributed by atoms with Crippen LogP contribution in [0.4, 0.5) is 0 Å². The fourth-order valence-corrected chi connectivity index (χ4v) is 6.29. The van der Waals surface area contributed by atoms with E-state index in [1.165, 1.54) is 11.3 Å². The Morgan fingerprint density at radius 3 is 2.83 bits per heavy atom. The molecule has 8 heteroatoms. The summed E-state index contributed by atoms with van der Waals surface area (Å²) in [5.74, 6) is 0.235. The molecule has 0 bridgehead atoms. The molecule has 23 heavy (non-hydrogen) atoms. The molecule has 0 aliphatic heterocycles. The lowest BCUT2D eigenvalue weighted by molar-refractivity contribution is 0.296. The molecule has 1 aliphatic carbocycles. The zero-order valence-corrected chi connectivity index (χ0v) is 15.4. The average Bonchev–Trinajstić information content (AvgIpc) is 3.16. The van der Waals surface area contributed by atoms with Gasteiger partial charge in [-0.25, -0.2) is 18.1 Å². The number of hydrogen-bond donors (Lipinski definition) is 2. The van der Waals surface area contributed by atoms with Crippen LogP contribution in [0.3, 0.4) is 0 Å². The number of thiophene rings is 1. The van der Waals surface area contributed by atoms with E-state index < -0.39 is 10.0 Å². The van der Waals surface area contributed by atoms with E-state index in [2.05, 4.69) is 9.71 Å². The number of nitrogens with zero attached hydrogens (tertiary/aromatic N) is 1. The smallest absolute Gasteiger partial charge is 0.250 e. The zero-order valence-electron chi connectivity index (χ0n) is 13.0. The van der Waals surface area contributed by atoms with Crippen molar-refractivity contribution in [3.05, 3.63) is 22.5 Å². The molecule has 2 unspecified atom stereocenters. The fraction of sp³-hybridized carbons (Fsp3) is 0.533. The largest absolute Gasteiger partial charge is 0.330 e. The maximum absolute atomic E-state index is 12.7. The van der Waals surface area contributed by atoms with Gasteiger partial charge in [-0.3, -0.25) is 0 Å². The first-order chi connectivity index (χ1) is 11.0. The van der Waals surface area contributed by atoms with E-state index in [0.717, 1.165) is 41.3 Å². The SMILES string of the molecule is Cc1nc(-c2ccc(S(=O)(=O)NC3CCCCC3CN)s2)cs1. The number of nitrogens with two attached hydrogens (primary N) is 1. The minimum Gasteiger partial charge on any atom is -0.330 e. The van der Waals surface area contributed by atoms with Crippen LogP contribution in [0.15, 0.2) is 21.7 Å². The predicted octanol–water partition coefficient (Wildman–Crippen LogP) is 2.98. The monoisotopic (exact) mass is 371 g/mol. The summed E-state index contributed by atoms with van der Waals surface area (Å²) in [6.45, 7) is 2.47. The van der Waals surface area contributed by atoms with Crippen molar-refractivity contribution in [3.63, 3.8) is 0 Å². The lowest BCUT2D eigenvalue weighted by Gasteiger charge is -2.30. The molecule has 2 aromatic rings. The minimum atomic E-state index is -3.49. The highest BCUT2D eigenvalue weighted by atomic mass is 32.2. The summed E-state index contributed by atoms with van der Waals surface area (Å²) in [7, 11) is -3.49. The highest BCUT2D eigenvalue weighted by molar-refractivity contribution is 7.91. The summed E-state index contributed by atoms with van der Waals surface area (Å²) >= 11 is 2.83. The van der Waals surface area contributed by atoms with Gasteiger partial charge in [0.1, 0.15) is 4.21 Å². The van der Waals surface area contributed by atoms with Crippen LogP contribution in [0.1, 0.15) is 30.7 Å². The fourth-order valence-electron chi connectivity index (χ4n) is 2.98. The lowest BCUT2D eigenvalue weighted by atomic mass is 9.85. The molecular formula is C15H21N3O2S3. The number of thiazole rings is 1. The van der Waals surface area contributed by atoms with Gasteiger partial charge in [0.2, 0.25) is 10.0 Å². The molecule has 126 valence electrons. The molecule has 1 fully saturated rings. The predicted molar refractivity (Wildman–Crippen MR) is 95.3 cm³/mol. The Kier molecular flexibility index (Phi) is 5.17. The van der Waals surface area contributed by atoms with Gasteiger partial charge >= 0.3 is 0 Å². The van der Waals surface area contributed by atoms with E-state index in [1.54, 1.807) is 17.4 Å². The molecule has 0 aromatic carbocycles. The molecule has 2 heterocycles. The Bertz CT molecular complexity index is 767. The number of hydrogen-bond acceptors (Lipinski definition) is 6. The van der Waals surface area contributed by atoms with E-state index in [4.69, 9.17) is 5.73 Å². The van der Waals surface area contributed by atoms with Crippen LogP contribution in [0.5, 0.6) is 0 Å². The van der Waals surface area contributed by atoms with E-state index in [-0.39, 0.29) is 12.0 Å². The second-order valence-corrected chi connectivity index (χ2v) is 9.97. The Hall–Kier alpha value is -0.800. The molecule has 0 amide bonds. The van der Waals surface area contributed by atoms with Gasteiger partial charge < -0.3 is 5.73 Å². The minimum absolute atomic E-state index is 0.0502. The third kappa shape index (κ3) is 3.83. The first-order valence-corrected chi connectivity index (χ1v) is 10.9. The standard InChI is InChI=1S/C15H21N3O2S3/c1-10-17-13(9-21-10)14-6-7-15(22-14)23(19,20)18-12-5-3-2-4-11(12)8-16/h6-7,9,11-12,18H,2-5,8,16H2,1H3.